The van der Waals surface area contributed by atoms with E-state index in [1.165, 1.54) is 11.3 Å². The molecular formula is C18H18N4OS. The molecule has 0 aliphatic carbocycles. The molecule has 0 fully saturated rings. The molecule has 0 unspecified atom stereocenters. The zero-order valence-corrected chi connectivity index (χ0v) is 14.6. The first-order chi connectivity index (χ1) is 11.6. The van der Waals surface area contributed by atoms with Crippen LogP contribution in [0.5, 0.6) is 0 Å². The average Bonchev–Trinajstić information content (AvgIpc) is 3.03. The molecule has 0 bridgehead atoms. The molecule has 0 N–H and O–H groups in total. The van der Waals surface area contributed by atoms with Crippen LogP contribution in [0.3, 0.4) is 0 Å². The van der Waals surface area contributed by atoms with E-state index in [-0.39, 0.29) is 11.9 Å². The Balaban J connectivity index is 1.86. The first-order valence-electron chi connectivity index (χ1n) is 7.64. The van der Waals surface area contributed by atoms with Gasteiger partial charge in [0.25, 0.3) is 5.91 Å². The highest BCUT2D eigenvalue weighted by molar-refractivity contribution is 7.17. The molecular weight excluding hydrogens is 320 g/mol. The topological polar surface area (TPSA) is 59.0 Å². The van der Waals surface area contributed by atoms with E-state index in [0.29, 0.717) is 4.88 Å². The maximum atomic E-state index is 12.9. The number of thiazole rings is 1. The molecule has 0 aromatic carbocycles. The Morgan fingerprint density at radius 1 is 1.17 bits per heavy atom. The fourth-order valence-corrected chi connectivity index (χ4v) is 3.42. The predicted octanol–water partition coefficient (Wildman–Crippen LogP) is 3.74. The number of aryl methyl sites for hydroxylation is 1. The van der Waals surface area contributed by atoms with E-state index in [4.69, 9.17) is 0 Å². The second kappa shape index (κ2) is 6.88. The van der Waals surface area contributed by atoms with Gasteiger partial charge in [-0.3, -0.25) is 14.8 Å². The number of hydrogen-bond donors (Lipinski definition) is 0. The molecule has 6 heteroatoms. The lowest BCUT2D eigenvalue weighted by molar-refractivity contribution is 0.0746. The Labute approximate surface area is 145 Å². The summed E-state index contributed by atoms with van der Waals surface area (Å²) in [5.74, 6) is -0.0310. The van der Waals surface area contributed by atoms with Crippen LogP contribution >= 0.6 is 11.3 Å². The van der Waals surface area contributed by atoms with Crippen LogP contribution in [0.25, 0.3) is 10.7 Å². The van der Waals surface area contributed by atoms with Gasteiger partial charge in [0.05, 0.1) is 17.4 Å². The van der Waals surface area contributed by atoms with Crippen molar-refractivity contribution in [2.75, 3.05) is 7.05 Å². The lowest BCUT2D eigenvalue weighted by atomic mass is 10.1. The lowest BCUT2D eigenvalue weighted by Crippen LogP contribution is -2.29. The first-order valence-corrected chi connectivity index (χ1v) is 8.45. The second-order valence-electron chi connectivity index (χ2n) is 5.52. The van der Waals surface area contributed by atoms with Gasteiger partial charge in [0.2, 0.25) is 0 Å². The van der Waals surface area contributed by atoms with Crippen LogP contribution < -0.4 is 0 Å². The minimum Gasteiger partial charge on any atom is -0.334 e. The molecule has 5 nitrogen and oxygen atoms in total. The van der Waals surface area contributed by atoms with Crippen LogP contribution in [0, 0.1) is 6.92 Å². The zero-order valence-electron chi connectivity index (χ0n) is 13.8. The van der Waals surface area contributed by atoms with Gasteiger partial charge in [-0.05, 0) is 43.7 Å². The van der Waals surface area contributed by atoms with Crippen LogP contribution in [0.2, 0.25) is 0 Å². The third kappa shape index (κ3) is 3.19. The lowest BCUT2D eigenvalue weighted by Gasteiger charge is -2.24. The van der Waals surface area contributed by atoms with Gasteiger partial charge in [-0.2, -0.15) is 0 Å². The summed E-state index contributed by atoms with van der Waals surface area (Å²) in [5.41, 5.74) is 2.57. The Hall–Kier alpha value is -2.60. The van der Waals surface area contributed by atoms with E-state index in [0.717, 1.165) is 22.0 Å². The molecule has 0 saturated carbocycles. The van der Waals surface area contributed by atoms with Crippen molar-refractivity contribution in [3.63, 3.8) is 0 Å². The highest BCUT2D eigenvalue weighted by Crippen LogP contribution is 2.29. The fourth-order valence-electron chi connectivity index (χ4n) is 2.40. The SMILES string of the molecule is Cc1nc(-c2ccccn2)sc1C(=O)N(C)[C@H](C)c1ccncc1. The number of carbonyl (C=O) groups is 1. The van der Waals surface area contributed by atoms with E-state index in [1.807, 2.05) is 51.2 Å². The highest BCUT2D eigenvalue weighted by Gasteiger charge is 2.23. The summed E-state index contributed by atoms with van der Waals surface area (Å²) in [6.45, 7) is 3.87. The Bertz CT molecular complexity index is 833. The summed E-state index contributed by atoms with van der Waals surface area (Å²) in [5, 5.41) is 0.765. The number of amides is 1. The molecule has 0 aliphatic heterocycles. The van der Waals surface area contributed by atoms with Crippen molar-refractivity contribution in [2.24, 2.45) is 0 Å². The van der Waals surface area contributed by atoms with Gasteiger partial charge in [-0.25, -0.2) is 4.98 Å². The van der Waals surface area contributed by atoms with Gasteiger partial charge in [-0.1, -0.05) is 6.07 Å². The number of pyridine rings is 2. The second-order valence-corrected chi connectivity index (χ2v) is 6.52. The Kier molecular flexibility index (Phi) is 4.66. The van der Waals surface area contributed by atoms with E-state index < -0.39 is 0 Å². The standard InChI is InChI=1S/C18H18N4OS/c1-12-16(24-17(21-12)15-6-4-5-9-20-15)18(23)22(3)13(2)14-7-10-19-11-8-14/h4-11,13H,1-3H3/t13-/m1/s1. The molecule has 0 radical (unpaired) electrons. The first kappa shape index (κ1) is 16.3. The quantitative estimate of drug-likeness (QED) is 0.727. The molecule has 24 heavy (non-hydrogen) atoms. The molecule has 3 aromatic heterocycles. The third-order valence-corrected chi connectivity index (χ3v) is 5.13. The monoisotopic (exact) mass is 338 g/mol. The molecule has 0 aliphatic rings. The molecule has 1 atom stereocenters. The van der Waals surface area contributed by atoms with Gasteiger partial charge in [0.15, 0.2) is 0 Å². The van der Waals surface area contributed by atoms with Gasteiger partial charge < -0.3 is 4.90 Å². The molecule has 3 aromatic rings. The molecule has 0 spiro atoms. The maximum absolute atomic E-state index is 12.9. The Morgan fingerprint density at radius 3 is 2.58 bits per heavy atom. The summed E-state index contributed by atoms with van der Waals surface area (Å²) in [6.07, 6.45) is 5.20. The van der Waals surface area contributed by atoms with Crippen LogP contribution in [-0.4, -0.2) is 32.8 Å². The number of nitrogens with zero attached hydrogens (tertiary/aromatic N) is 4. The number of carbonyl (C=O) groups excluding carboxylic acids is 1. The van der Waals surface area contributed by atoms with Crippen molar-refractivity contribution < 1.29 is 4.79 Å². The summed E-state index contributed by atoms with van der Waals surface area (Å²) < 4.78 is 0. The van der Waals surface area contributed by atoms with E-state index in [1.54, 1.807) is 23.5 Å². The molecule has 3 rings (SSSR count). The zero-order chi connectivity index (χ0) is 17.1. The minimum absolute atomic E-state index is 0.0310. The summed E-state index contributed by atoms with van der Waals surface area (Å²) in [4.78, 5) is 28.1. The molecule has 3 heterocycles. The van der Waals surface area contributed by atoms with E-state index in [2.05, 4.69) is 15.0 Å². The van der Waals surface area contributed by atoms with Crippen LogP contribution in [0.15, 0.2) is 48.9 Å². The van der Waals surface area contributed by atoms with E-state index >= 15 is 0 Å². The summed E-state index contributed by atoms with van der Waals surface area (Å²) in [7, 11) is 1.81. The molecule has 1 amide bonds. The fraction of sp³-hybridized carbons (Fsp3) is 0.222. The van der Waals surface area contributed by atoms with Gasteiger partial charge >= 0.3 is 0 Å². The van der Waals surface area contributed by atoms with E-state index in [9.17, 15) is 4.79 Å². The number of rotatable bonds is 4. The molecule has 122 valence electrons. The number of aromatic nitrogens is 3. The third-order valence-electron chi connectivity index (χ3n) is 3.96. The van der Waals surface area contributed by atoms with Crippen molar-refractivity contribution >= 4 is 17.2 Å². The normalized spacial score (nSPS) is 12.0. The number of hydrogen-bond acceptors (Lipinski definition) is 5. The average molecular weight is 338 g/mol. The van der Waals surface area contributed by atoms with Crippen molar-refractivity contribution in [2.45, 2.75) is 19.9 Å². The maximum Gasteiger partial charge on any atom is 0.266 e. The van der Waals surface area contributed by atoms with Crippen molar-refractivity contribution in [3.05, 3.63) is 65.1 Å². The van der Waals surface area contributed by atoms with Gasteiger partial charge in [0.1, 0.15) is 9.88 Å². The minimum atomic E-state index is -0.0414. The van der Waals surface area contributed by atoms with Crippen LogP contribution in [0.1, 0.15) is 33.9 Å². The predicted molar refractivity (Wildman–Crippen MR) is 94.8 cm³/mol. The summed E-state index contributed by atoms with van der Waals surface area (Å²) >= 11 is 1.38. The largest absolute Gasteiger partial charge is 0.334 e. The highest BCUT2D eigenvalue weighted by atomic mass is 32.1. The van der Waals surface area contributed by atoms with Crippen molar-refractivity contribution in [1.29, 1.82) is 0 Å². The van der Waals surface area contributed by atoms with Gasteiger partial charge in [-0.15, -0.1) is 11.3 Å². The summed E-state index contributed by atoms with van der Waals surface area (Å²) in [6, 6.07) is 9.48. The van der Waals surface area contributed by atoms with Crippen molar-refractivity contribution in [1.82, 2.24) is 19.9 Å². The molecule has 0 saturated heterocycles. The Morgan fingerprint density at radius 2 is 1.92 bits per heavy atom. The van der Waals surface area contributed by atoms with Gasteiger partial charge in [0, 0.05) is 25.6 Å². The van der Waals surface area contributed by atoms with Crippen LogP contribution in [-0.2, 0) is 0 Å². The van der Waals surface area contributed by atoms with Crippen LogP contribution in [0.4, 0.5) is 0 Å². The van der Waals surface area contributed by atoms with Crippen molar-refractivity contribution in [3.8, 4) is 10.7 Å². The smallest absolute Gasteiger partial charge is 0.266 e.